The molecule has 1 amide bonds. The van der Waals surface area contributed by atoms with Gasteiger partial charge in [-0.15, -0.1) is 0 Å². The molecule has 138 valence electrons. The van der Waals surface area contributed by atoms with Gasteiger partial charge in [0.15, 0.2) is 0 Å². The molecule has 2 aromatic carbocycles. The number of halogens is 1. The Hall–Kier alpha value is -3.21. The molecule has 0 atom stereocenters. The van der Waals surface area contributed by atoms with Crippen molar-refractivity contribution in [3.63, 3.8) is 0 Å². The van der Waals surface area contributed by atoms with Crippen molar-refractivity contribution in [2.24, 2.45) is 0 Å². The van der Waals surface area contributed by atoms with Gasteiger partial charge in [-0.25, -0.2) is 9.37 Å². The SMILES string of the molecule is CCN(c1ccc(NC(=O)Cc2ccccc2F)nc1)c1cccc(C)c1. The minimum Gasteiger partial charge on any atom is -0.341 e. The molecular formula is C22H22FN3O. The molecule has 1 aromatic heterocycles. The summed E-state index contributed by atoms with van der Waals surface area (Å²) in [6, 6.07) is 18.2. The number of rotatable bonds is 6. The van der Waals surface area contributed by atoms with Crippen LogP contribution in [0.3, 0.4) is 0 Å². The Kier molecular flexibility index (Phi) is 5.81. The molecule has 0 aliphatic heterocycles. The third kappa shape index (κ3) is 4.70. The molecule has 0 bridgehead atoms. The van der Waals surface area contributed by atoms with Crippen molar-refractivity contribution in [2.75, 3.05) is 16.8 Å². The Balaban J connectivity index is 1.69. The number of benzene rings is 2. The van der Waals surface area contributed by atoms with Gasteiger partial charge in [-0.1, -0.05) is 30.3 Å². The van der Waals surface area contributed by atoms with E-state index in [4.69, 9.17) is 0 Å². The van der Waals surface area contributed by atoms with Gasteiger partial charge in [0, 0.05) is 12.2 Å². The molecule has 3 rings (SSSR count). The highest BCUT2D eigenvalue weighted by Crippen LogP contribution is 2.25. The molecule has 1 N–H and O–H groups in total. The van der Waals surface area contributed by atoms with E-state index in [2.05, 4.69) is 47.2 Å². The summed E-state index contributed by atoms with van der Waals surface area (Å²) >= 11 is 0. The lowest BCUT2D eigenvalue weighted by Gasteiger charge is -2.23. The molecule has 0 aliphatic carbocycles. The number of amides is 1. The summed E-state index contributed by atoms with van der Waals surface area (Å²) in [6.45, 7) is 4.93. The van der Waals surface area contributed by atoms with E-state index in [0.29, 0.717) is 11.4 Å². The molecule has 4 nitrogen and oxygen atoms in total. The van der Waals surface area contributed by atoms with Crippen molar-refractivity contribution in [2.45, 2.75) is 20.3 Å². The first kappa shape index (κ1) is 18.6. The van der Waals surface area contributed by atoms with Crippen molar-refractivity contribution in [3.05, 3.63) is 83.8 Å². The standard InChI is InChI=1S/C22H22FN3O/c1-3-26(18-9-6-7-16(2)13-18)19-11-12-21(24-15-19)25-22(27)14-17-8-4-5-10-20(17)23/h4-13,15H,3,14H2,1-2H3,(H,24,25,27). The van der Waals surface area contributed by atoms with E-state index in [1.165, 1.54) is 11.6 Å². The zero-order chi connectivity index (χ0) is 19.2. The Morgan fingerprint density at radius 3 is 2.56 bits per heavy atom. The second-order valence-electron chi connectivity index (χ2n) is 6.30. The minimum absolute atomic E-state index is 0.0273. The van der Waals surface area contributed by atoms with Gasteiger partial charge in [-0.2, -0.15) is 0 Å². The highest BCUT2D eigenvalue weighted by Gasteiger charge is 2.11. The maximum atomic E-state index is 13.7. The molecule has 27 heavy (non-hydrogen) atoms. The summed E-state index contributed by atoms with van der Waals surface area (Å²) in [7, 11) is 0. The largest absolute Gasteiger partial charge is 0.341 e. The Morgan fingerprint density at radius 2 is 1.89 bits per heavy atom. The highest BCUT2D eigenvalue weighted by atomic mass is 19.1. The number of hydrogen-bond acceptors (Lipinski definition) is 3. The molecule has 1 heterocycles. The number of nitrogens with zero attached hydrogens (tertiary/aromatic N) is 2. The van der Waals surface area contributed by atoms with Gasteiger partial charge in [0.05, 0.1) is 18.3 Å². The van der Waals surface area contributed by atoms with Crippen LogP contribution >= 0.6 is 0 Å². The van der Waals surface area contributed by atoms with Crippen molar-refractivity contribution >= 4 is 23.1 Å². The fourth-order valence-electron chi connectivity index (χ4n) is 2.93. The zero-order valence-corrected chi connectivity index (χ0v) is 15.4. The Labute approximate surface area is 158 Å². The number of pyridine rings is 1. The van der Waals surface area contributed by atoms with Crippen molar-refractivity contribution in [3.8, 4) is 0 Å². The number of aryl methyl sites for hydroxylation is 1. The topological polar surface area (TPSA) is 45.2 Å². The molecule has 0 saturated carbocycles. The fourth-order valence-corrected chi connectivity index (χ4v) is 2.93. The molecule has 0 radical (unpaired) electrons. The summed E-state index contributed by atoms with van der Waals surface area (Å²) in [5, 5.41) is 2.72. The summed E-state index contributed by atoms with van der Waals surface area (Å²) in [6.07, 6.45) is 1.70. The van der Waals surface area contributed by atoms with Crippen LogP contribution < -0.4 is 10.2 Å². The van der Waals surface area contributed by atoms with E-state index >= 15 is 0 Å². The van der Waals surface area contributed by atoms with E-state index in [0.717, 1.165) is 17.9 Å². The molecule has 0 saturated heterocycles. The number of carbonyl (C=O) groups is 1. The molecule has 0 spiro atoms. The quantitative estimate of drug-likeness (QED) is 0.680. The molecular weight excluding hydrogens is 341 g/mol. The third-order valence-corrected chi connectivity index (χ3v) is 4.27. The van der Waals surface area contributed by atoms with Gasteiger partial charge >= 0.3 is 0 Å². The first-order chi connectivity index (χ1) is 13.1. The van der Waals surface area contributed by atoms with Crippen LogP contribution in [0.5, 0.6) is 0 Å². The fraction of sp³-hybridized carbons (Fsp3) is 0.182. The van der Waals surface area contributed by atoms with E-state index in [-0.39, 0.29) is 18.1 Å². The van der Waals surface area contributed by atoms with Crippen LogP contribution in [-0.2, 0) is 11.2 Å². The minimum atomic E-state index is -0.382. The average Bonchev–Trinajstić information content (AvgIpc) is 2.66. The second-order valence-corrected chi connectivity index (χ2v) is 6.30. The summed E-state index contributed by atoms with van der Waals surface area (Å²) in [4.78, 5) is 18.6. The number of hydrogen-bond donors (Lipinski definition) is 1. The van der Waals surface area contributed by atoms with Crippen LogP contribution in [0.25, 0.3) is 0 Å². The van der Waals surface area contributed by atoms with E-state index in [1.54, 1.807) is 30.5 Å². The van der Waals surface area contributed by atoms with Crippen LogP contribution in [0, 0.1) is 12.7 Å². The van der Waals surface area contributed by atoms with Gasteiger partial charge < -0.3 is 10.2 Å². The molecule has 3 aromatic rings. The van der Waals surface area contributed by atoms with Crippen LogP contribution in [0.4, 0.5) is 21.6 Å². The predicted molar refractivity (Wildman–Crippen MR) is 107 cm³/mol. The Morgan fingerprint density at radius 1 is 1.07 bits per heavy atom. The number of aromatic nitrogens is 1. The van der Waals surface area contributed by atoms with E-state index < -0.39 is 0 Å². The van der Waals surface area contributed by atoms with Gasteiger partial charge in [0.1, 0.15) is 11.6 Å². The van der Waals surface area contributed by atoms with E-state index in [1.807, 2.05) is 12.1 Å². The first-order valence-corrected chi connectivity index (χ1v) is 8.90. The normalized spacial score (nSPS) is 10.5. The third-order valence-electron chi connectivity index (χ3n) is 4.27. The van der Waals surface area contributed by atoms with Crippen LogP contribution in [0.2, 0.25) is 0 Å². The smallest absolute Gasteiger partial charge is 0.230 e. The monoisotopic (exact) mass is 363 g/mol. The van der Waals surface area contributed by atoms with Crippen LogP contribution in [-0.4, -0.2) is 17.4 Å². The maximum Gasteiger partial charge on any atom is 0.230 e. The maximum absolute atomic E-state index is 13.7. The lowest BCUT2D eigenvalue weighted by atomic mass is 10.1. The molecule has 0 fully saturated rings. The number of carbonyl (C=O) groups excluding carboxylic acids is 1. The van der Waals surface area contributed by atoms with Gasteiger partial charge in [0.25, 0.3) is 0 Å². The lowest BCUT2D eigenvalue weighted by molar-refractivity contribution is -0.115. The Bertz CT molecular complexity index is 925. The summed E-state index contributed by atoms with van der Waals surface area (Å²) < 4.78 is 13.7. The first-order valence-electron chi connectivity index (χ1n) is 8.90. The summed E-state index contributed by atoms with van der Waals surface area (Å²) in [5.74, 6) is -0.237. The lowest BCUT2D eigenvalue weighted by Crippen LogP contribution is -2.18. The molecule has 0 aliphatic rings. The predicted octanol–water partition coefficient (Wildman–Crippen LogP) is 4.87. The number of anilines is 3. The van der Waals surface area contributed by atoms with E-state index in [9.17, 15) is 9.18 Å². The van der Waals surface area contributed by atoms with Crippen molar-refractivity contribution in [1.29, 1.82) is 0 Å². The van der Waals surface area contributed by atoms with Crippen LogP contribution in [0.1, 0.15) is 18.1 Å². The second kappa shape index (κ2) is 8.45. The van der Waals surface area contributed by atoms with Crippen LogP contribution in [0.15, 0.2) is 66.9 Å². The van der Waals surface area contributed by atoms with Crippen molar-refractivity contribution in [1.82, 2.24) is 4.98 Å². The average molecular weight is 363 g/mol. The van der Waals surface area contributed by atoms with Gasteiger partial charge in [0.2, 0.25) is 5.91 Å². The highest BCUT2D eigenvalue weighted by molar-refractivity contribution is 5.91. The molecule has 5 heteroatoms. The van der Waals surface area contributed by atoms with Gasteiger partial charge in [-0.3, -0.25) is 4.79 Å². The van der Waals surface area contributed by atoms with Crippen molar-refractivity contribution < 1.29 is 9.18 Å². The zero-order valence-electron chi connectivity index (χ0n) is 15.4. The van der Waals surface area contributed by atoms with Gasteiger partial charge in [-0.05, 0) is 55.3 Å². The summed E-state index contributed by atoms with van der Waals surface area (Å²) in [5.41, 5.74) is 3.59. The number of nitrogens with one attached hydrogen (secondary N) is 1. The molecule has 0 unspecified atom stereocenters.